The highest BCUT2D eigenvalue weighted by Crippen LogP contribution is 2.24. The van der Waals surface area contributed by atoms with E-state index in [-0.39, 0.29) is 16.3 Å². The fourth-order valence-electron chi connectivity index (χ4n) is 2.08. The Hall–Kier alpha value is -2.65. The summed E-state index contributed by atoms with van der Waals surface area (Å²) in [5.74, 6) is 0.561. The van der Waals surface area contributed by atoms with Crippen molar-refractivity contribution in [1.29, 1.82) is 0 Å². The molecule has 0 heterocycles. The number of anilines is 1. The number of methoxy groups -OCH3 is 1. The molecule has 0 radical (unpaired) electrons. The van der Waals surface area contributed by atoms with Crippen LogP contribution in [0.15, 0.2) is 47.4 Å². The van der Waals surface area contributed by atoms with Gasteiger partial charge in [0.2, 0.25) is 0 Å². The number of nitro groups is 1. The van der Waals surface area contributed by atoms with Crippen molar-refractivity contribution < 1.29 is 22.8 Å². The predicted molar refractivity (Wildman–Crippen MR) is 92.5 cm³/mol. The maximum Gasteiger partial charge on any atom is 0.271 e. The van der Waals surface area contributed by atoms with E-state index in [0.717, 1.165) is 6.07 Å². The van der Waals surface area contributed by atoms with Gasteiger partial charge in [-0.15, -0.1) is 0 Å². The molecule has 2 aromatic carbocycles. The van der Waals surface area contributed by atoms with Crippen molar-refractivity contribution in [1.82, 2.24) is 0 Å². The van der Waals surface area contributed by atoms with Gasteiger partial charge in [-0.25, -0.2) is 8.42 Å². The molecule has 2 rings (SSSR count). The summed E-state index contributed by atoms with van der Waals surface area (Å²) in [6, 6.07) is 9.75. The zero-order chi connectivity index (χ0) is 18.4. The van der Waals surface area contributed by atoms with Gasteiger partial charge in [0.05, 0.1) is 22.1 Å². The van der Waals surface area contributed by atoms with Crippen LogP contribution in [0.2, 0.25) is 0 Å². The van der Waals surface area contributed by atoms with Gasteiger partial charge in [-0.3, -0.25) is 14.8 Å². The summed E-state index contributed by atoms with van der Waals surface area (Å²) in [5.41, 5.74) is 0.573. The molecule has 0 spiro atoms. The van der Waals surface area contributed by atoms with E-state index in [1.807, 2.05) is 0 Å². The Morgan fingerprint density at radius 2 is 1.92 bits per heavy atom. The van der Waals surface area contributed by atoms with Crippen molar-refractivity contribution in [2.75, 3.05) is 25.0 Å². The normalized spacial score (nSPS) is 11.1. The number of nitrogens with zero attached hydrogens (tertiary/aromatic N) is 1. The lowest BCUT2D eigenvalue weighted by Gasteiger charge is -2.12. The molecule has 0 aromatic heterocycles. The third-order valence-electron chi connectivity index (χ3n) is 3.31. The van der Waals surface area contributed by atoms with Gasteiger partial charge in [0.15, 0.2) is 0 Å². The van der Waals surface area contributed by atoms with Crippen LogP contribution in [0, 0.1) is 17.0 Å². The van der Waals surface area contributed by atoms with Crippen molar-refractivity contribution >= 4 is 21.4 Å². The summed E-state index contributed by atoms with van der Waals surface area (Å²) >= 11 is 0. The molecule has 2 aromatic rings. The second-order valence-electron chi connectivity index (χ2n) is 5.18. The number of hydrogen-bond donors (Lipinski definition) is 1. The van der Waals surface area contributed by atoms with Crippen LogP contribution in [0.5, 0.6) is 5.75 Å². The van der Waals surface area contributed by atoms with E-state index in [2.05, 4.69) is 4.72 Å². The first-order valence-electron chi connectivity index (χ1n) is 7.33. The first kappa shape index (κ1) is 18.7. The number of sulfonamides is 1. The van der Waals surface area contributed by atoms with Gasteiger partial charge in [0.25, 0.3) is 15.7 Å². The van der Waals surface area contributed by atoms with Crippen molar-refractivity contribution in [2.24, 2.45) is 0 Å². The van der Waals surface area contributed by atoms with Crippen LogP contribution >= 0.6 is 0 Å². The topological polar surface area (TPSA) is 108 Å². The van der Waals surface area contributed by atoms with Crippen molar-refractivity contribution in [3.8, 4) is 5.75 Å². The molecule has 1 N–H and O–H groups in total. The highest BCUT2D eigenvalue weighted by atomic mass is 32.2. The number of ether oxygens (including phenoxy) is 2. The summed E-state index contributed by atoms with van der Waals surface area (Å²) in [4.78, 5) is 10.2. The third-order valence-corrected chi connectivity index (χ3v) is 4.69. The molecular weight excluding hydrogens is 348 g/mol. The second kappa shape index (κ2) is 7.95. The van der Waals surface area contributed by atoms with Gasteiger partial charge in [0.1, 0.15) is 12.4 Å². The molecule has 0 amide bonds. The minimum absolute atomic E-state index is 0.0376. The summed E-state index contributed by atoms with van der Waals surface area (Å²) in [6.45, 7) is 2.51. The van der Waals surface area contributed by atoms with Crippen molar-refractivity contribution in [3.63, 3.8) is 0 Å². The van der Waals surface area contributed by atoms with Gasteiger partial charge in [-0.2, -0.15) is 0 Å². The van der Waals surface area contributed by atoms with E-state index >= 15 is 0 Å². The number of non-ortho nitro benzene ring substituents is 1. The Bertz CT molecular complexity index is 867. The SMILES string of the molecule is COCCOc1ccc(S(=O)(=O)Nc2cccc([N+](=O)[O-])c2)cc1C. The van der Waals surface area contributed by atoms with Crippen LogP contribution in [0.25, 0.3) is 0 Å². The fourth-order valence-corrected chi connectivity index (χ4v) is 3.22. The van der Waals surface area contributed by atoms with Gasteiger partial charge in [0, 0.05) is 19.2 Å². The number of nitro benzene ring substituents is 1. The average Bonchev–Trinajstić information content (AvgIpc) is 2.56. The number of nitrogens with one attached hydrogen (secondary N) is 1. The van der Waals surface area contributed by atoms with E-state index in [4.69, 9.17) is 9.47 Å². The average molecular weight is 366 g/mol. The summed E-state index contributed by atoms with van der Waals surface area (Å²) < 4.78 is 37.7. The number of aryl methyl sites for hydroxylation is 1. The molecule has 0 aliphatic carbocycles. The standard InChI is InChI=1S/C16H18N2O6S/c1-12-10-15(6-7-16(12)24-9-8-23-2)25(21,22)17-13-4-3-5-14(11-13)18(19)20/h3-7,10-11,17H,8-9H2,1-2H3. The maximum atomic E-state index is 12.5. The Balaban J connectivity index is 2.20. The van der Waals surface area contributed by atoms with Gasteiger partial charge in [-0.05, 0) is 36.8 Å². The summed E-state index contributed by atoms with van der Waals surface area (Å²) in [5, 5.41) is 10.8. The first-order chi connectivity index (χ1) is 11.8. The first-order valence-corrected chi connectivity index (χ1v) is 8.81. The molecule has 9 heteroatoms. The molecule has 0 aliphatic heterocycles. The molecular formula is C16H18N2O6S. The summed E-state index contributed by atoms with van der Waals surface area (Å²) in [6.07, 6.45) is 0. The predicted octanol–water partition coefficient (Wildman–Crippen LogP) is 2.73. The van der Waals surface area contributed by atoms with Crippen LogP contribution in [0.4, 0.5) is 11.4 Å². The maximum absolute atomic E-state index is 12.5. The molecule has 0 saturated carbocycles. The highest BCUT2D eigenvalue weighted by Gasteiger charge is 2.17. The molecule has 0 aliphatic rings. The molecule has 0 fully saturated rings. The second-order valence-corrected chi connectivity index (χ2v) is 6.86. The van der Waals surface area contributed by atoms with Gasteiger partial charge < -0.3 is 9.47 Å². The van der Waals surface area contributed by atoms with Crippen LogP contribution in [0.3, 0.4) is 0 Å². The molecule has 134 valence electrons. The molecule has 0 saturated heterocycles. The van der Waals surface area contributed by atoms with E-state index in [1.165, 1.54) is 30.3 Å². The third kappa shape index (κ3) is 4.91. The van der Waals surface area contributed by atoms with E-state index < -0.39 is 14.9 Å². The lowest BCUT2D eigenvalue weighted by atomic mass is 10.2. The van der Waals surface area contributed by atoms with Crippen molar-refractivity contribution in [2.45, 2.75) is 11.8 Å². The van der Waals surface area contributed by atoms with Gasteiger partial charge >= 0.3 is 0 Å². The minimum atomic E-state index is -3.87. The van der Waals surface area contributed by atoms with E-state index in [1.54, 1.807) is 20.1 Å². The quantitative estimate of drug-likeness (QED) is 0.437. The highest BCUT2D eigenvalue weighted by molar-refractivity contribution is 7.92. The Morgan fingerprint density at radius 1 is 1.16 bits per heavy atom. The zero-order valence-corrected chi connectivity index (χ0v) is 14.6. The molecule has 0 atom stereocenters. The van der Waals surface area contributed by atoms with Crippen LogP contribution in [0.1, 0.15) is 5.56 Å². The minimum Gasteiger partial charge on any atom is -0.491 e. The Kier molecular flexibility index (Phi) is 5.94. The van der Waals surface area contributed by atoms with E-state index in [9.17, 15) is 18.5 Å². The Labute approximate surface area is 145 Å². The molecule has 0 bridgehead atoms. The monoisotopic (exact) mass is 366 g/mol. The number of benzene rings is 2. The smallest absolute Gasteiger partial charge is 0.271 e. The van der Waals surface area contributed by atoms with E-state index in [0.29, 0.717) is 24.5 Å². The number of hydrogen-bond acceptors (Lipinski definition) is 6. The van der Waals surface area contributed by atoms with Crippen LogP contribution < -0.4 is 9.46 Å². The Morgan fingerprint density at radius 3 is 2.56 bits per heavy atom. The van der Waals surface area contributed by atoms with Crippen molar-refractivity contribution in [3.05, 3.63) is 58.1 Å². The largest absolute Gasteiger partial charge is 0.491 e. The fraction of sp³-hybridized carbons (Fsp3) is 0.250. The molecule has 0 unspecified atom stereocenters. The van der Waals surface area contributed by atoms with Crippen LogP contribution in [-0.2, 0) is 14.8 Å². The lowest BCUT2D eigenvalue weighted by molar-refractivity contribution is -0.384. The lowest BCUT2D eigenvalue weighted by Crippen LogP contribution is -2.13. The number of rotatable bonds is 8. The molecule has 8 nitrogen and oxygen atoms in total. The zero-order valence-electron chi connectivity index (χ0n) is 13.8. The summed E-state index contributed by atoms with van der Waals surface area (Å²) in [7, 11) is -2.31. The molecule has 25 heavy (non-hydrogen) atoms. The van der Waals surface area contributed by atoms with Gasteiger partial charge in [-0.1, -0.05) is 6.07 Å². The van der Waals surface area contributed by atoms with Crippen LogP contribution in [-0.4, -0.2) is 33.7 Å².